The summed E-state index contributed by atoms with van der Waals surface area (Å²) >= 11 is 2.94. The van der Waals surface area contributed by atoms with Gasteiger partial charge < -0.3 is 9.47 Å². The highest BCUT2D eigenvalue weighted by atomic mass is 32.2. The van der Waals surface area contributed by atoms with Gasteiger partial charge in [-0.1, -0.05) is 35.7 Å². The van der Waals surface area contributed by atoms with Crippen LogP contribution < -0.4 is 0 Å². The fraction of sp³-hybridized carbons (Fsp3) is 0.333. The number of aromatic amines is 1. The van der Waals surface area contributed by atoms with Crippen molar-refractivity contribution in [2.24, 2.45) is 0 Å². The van der Waals surface area contributed by atoms with Crippen molar-refractivity contribution in [1.29, 1.82) is 0 Å². The number of nitrogens with one attached hydrogen (secondary N) is 1. The minimum atomic E-state index is -0.413. The zero-order valence-corrected chi connectivity index (χ0v) is 27.1. The maximum Gasteiger partial charge on any atom is 0.359 e. The molecule has 6 aromatic rings. The van der Waals surface area contributed by atoms with Crippen molar-refractivity contribution in [2.45, 2.75) is 50.5 Å². The molecule has 0 fully saturated rings. The molecule has 0 spiro atoms. The quantitative estimate of drug-likeness (QED) is 0.130. The van der Waals surface area contributed by atoms with Crippen LogP contribution in [0.3, 0.4) is 0 Å². The Hall–Kier alpha value is -4.30. The highest BCUT2D eigenvalue weighted by molar-refractivity contribution is 7.98. The Morgan fingerprint density at radius 2 is 1.39 bits per heavy atom. The minimum absolute atomic E-state index is 0.304. The molecule has 0 unspecified atom stereocenters. The molecule has 0 radical (unpaired) electrons. The summed E-state index contributed by atoms with van der Waals surface area (Å²) in [7, 11) is 0. The lowest BCUT2D eigenvalue weighted by Crippen LogP contribution is -2.23. The molecule has 0 amide bonds. The smallest absolute Gasteiger partial charge is 0.359 e. The fourth-order valence-corrected chi connectivity index (χ4v) is 5.30. The largest absolute Gasteiger partial charge is 0.461 e. The molecule has 228 valence electrons. The summed E-state index contributed by atoms with van der Waals surface area (Å²) in [5, 5.41) is 16.1. The summed E-state index contributed by atoms with van der Waals surface area (Å²) in [5.41, 5.74) is 3.39. The molecule has 0 saturated carbocycles. The Morgan fingerprint density at radius 3 is 1.98 bits per heavy atom. The molecule has 44 heavy (non-hydrogen) atoms. The van der Waals surface area contributed by atoms with E-state index >= 15 is 0 Å². The zero-order valence-electron chi connectivity index (χ0n) is 25.5. The Labute approximate surface area is 261 Å². The maximum atomic E-state index is 12.3. The number of rotatable bonds is 6. The van der Waals surface area contributed by atoms with Crippen molar-refractivity contribution in [3.05, 3.63) is 48.0 Å². The predicted molar refractivity (Wildman–Crippen MR) is 172 cm³/mol. The van der Waals surface area contributed by atoms with E-state index in [2.05, 4.69) is 35.2 Å². The van der Waals surface area contributed by atoms with E-state index in [4.69, 9.17) is 9.47 Å². The molecule has 0 aliphatic rings. The van der Waals surface area contributed by atoms with Crippen LogP contribution in [0.4, 0.5) is 0 Å². The lowest BCUT2D eigenvalue weighted by Gasteiger charge is -2.21. The number of thioether (sulfide) groups is 2. The van der Waals surface area contributed by atoms with Crippen LogP contribution in [0.25, 0.3) is 43.6 Å². The van der Waals surface area contributed by atoms with Crippen LogP contribution in [0.2, 0.25) is 0 Å². The monoisotopic (exact) mass is 632 g/mol. The molecule has 0 atom stereocenters. The van der Waals surface area contributed by atoms with Gasteiger partial charge in [0.05, 0.1) is 24.3 Å². The number of hydrogen-bond acceptors (Lipinski definition) is 12. The van der Waals surface area contributed by atoms with E-state index in [1.54, 1.807) is 26.2 Å². The highest BCUT2D eigenvalue weighted by Gasteiger charge is 2.26. The van der Waals surface area contributed by atoms with E-state index in [0.29, 0.717) is 45.8 Å². The summed E-state index contributed by atoms with van der Waals surface area (Å²) in [4.78, 5) is 41.8. The fourth-order valence-electron chi connectivity index (χ4n) is 4.62. The number of ether oxygens (including phenoxy) is 2. The van der Waals surface area contributed by atoms with Crippen LogP contribution in [-0.2, 0) is 15.0 Å². The van der Waals surface area contributed by atoms with Gasteiger partial charge in [-0.2, -0.15) is 10.2 Å². The molecular weight excluding hydrogens is 601 g/mol. The highest BCUT2D eigenvalue weighted by Crippen LogP contribution is 2.31. The average molecular weight is 633 g/mol. The maximum absolute atomic E-state index is 12.3. The van der Waals surface area contributed by atoms with Crippen LogP contribution in [0, 0.1) is 0 Å². The van der Waals surface area contributed by atoms with Crippen LogP contribution in [0.1, 0.15) is 55.6 Å². The Balaban J connectivity index is 0.000000177. The third kappa shape index (κ3) is 5.91. The van der Waals surface area contributed by atoms with Crippen LogP contribution in [0.15, 0.2) is 47.0 Å². The van der Waals surface area contributed by atoms with Crippen LogP contribution in [-0.4, -0.2) is 77.6 Å². The van der Waals surface area contributed by atoms with Crippen molar-refractivity contribution < 1.29 is 19.1 Å². The van der Waals surface area contributed by atoms with Gasteiger partial charge in [-0.05, 0) is 59.3 Å². The number of fused-ring (bicyclic) bond motifs is 6. The van der Waals surface area contributed by atoms with E-state index < -0.39 is 11.9 Å². The third-order valence-corrected chi connectivity index (χ3v) is 7.70. The van der Waals surface area contributed by atoms with Gasteiger partial charge in [0.15, 0.2) is 21.7 Å². The van der Waals surface area contributed by atoms with E-state index in [9.17, 15) is 9.59 Å². The number of hydrogen-bond donors (Lipinski definition) is 1. The number of aromatic nitrogens is 8. The van der Waals surface area contributed by atoms with Gasteiger partial charge in [0.25, 0.3) is 0 Å². The molecule has 4 aromatic heterocycles. The molecule has 12 nitrogen and oxygen atoms in total. The first kappa shape index (κ1) is 31.1. The normalized spacial score (nSPS) is 11.6. The molecule has 14 heteroatoms. The topological polar surface area (TPSA) is 151 Å². The SMILES string of the molecule is CCOC(=O)c1[nH]nc2c1ccc1cnc(SC)nc12.CCOC(=O)c1nn(C(C)(C)C)c2c1ccc1cnc(SC)nc12. The van der Waals surface area contributed by atoms with Gasteiger partial charge >= 0.3 is 11.9 Å². The van der Waals surface area contributed by atoms with Crippen molar-refractivity contribution in [2.75, 3.05) is 25.7 Å². The second-order valence-electron chi connectivity index (χ2n) is 10.5. The number of H-pyrrole nitrogens is 1. The minimum Gasteiger partial charge on any atom is -0.461 e. The molecule has 4 heterocycles. The average Bonchev–Trinajstić information content (AvgIpc) is 3.64. The van der Waals surface area contributed by atoms with E-state index in [1.807, 2.05) is 62.2 Å². The Bertz CT molecular complexity index is 2020. The van der Waals surface area contributed by atoms with Crippen LogP contribution >= 0.6 is 23.5 Å². The molecule has 0 aliphatic carbocycles. The summed E-state index contributed by atoms with van der Waals surface area (Å²) < 4.78 is 12.0. The predicted octanol–water partition coefficient (Wildman–Crippen LogP) is 6.04. The van der Waals surface area contributed by atoms with Gasteiger partial charge in [-0.25, -0.2) is 29.5 Å². The van der Waals surface area contributed by atoms with E-state index in [1.165, 1.54) is 23.5 Å². The first-order valence-corrected chi connectivity index (χ1v) is 16.3. The molecule has 2 aromatic carbocycles. The van der Waals surface area contributed by atoms with Crippen molar-refractivity contribution in [1.82, 2.24) is 39.9 Å². The number of benzene rings is 2. The van der Waals surface area contributed by atoms with Crippen molar-refractivity contribution in [3.8, 4) is 0 Å². The van der Waals surface area contributed by atoms with Gasteiger partial charge in [-0.15, -0.1) is 0 Å². The lowest BCUT2D eigenvalue weighted by molar-refractivity contribution is 0.0511. The summed E-state index contributed by atoms with van der Waals surface area (Å²) in [6.45, 7) is 10.3. The number of carbonyl (C=O) groups is 2. The molecule has 1 N–H and O–H groups in total. The molecule has 0 aliphatic heterocycles. The van der Waals surface area contributed by atoms with E-state index in [-0.39, 0.29) is 5.54 Å². The van der Waals surface area contributed by atoms with Gasteiger partial charge in [0.1, 0.15) is 16.6 Å². The zero-order chi connectivity index (χ0) is 31.6. The summed E-state index contributed by atoms with van der Waals surface area (Å²) in [5.74, 6) is -0.822. The van der Waals surface area contributed by atoms with Gasteiger partial charge in [-0.3, -0.25) is 9.78 Å². The molecular formula is C30H32N8O4S2. The number of carbonyl (C=O) groups excluding carboxylic acids is 2. The first-order valence-electron chi connectivity index (χ1n) is 13.9. The molecule has 0 bridgehead atoms. The third-order valence-electron chi connectivity index (χ3n) is 6.57. The van der Waals surface area contributed by atoms with Gasteiger partial charge in [0, 0.05) is 33.9 Å². The molecule has 6 rings (SSSR count). The number of nitrogens with zero attached hydrogens (tertiary/aromatic N) is 7. The summed E-state index contributed by atoms with van der Waals surface area (Å²) in [6.07, 6.45) is 7.41. The van der Waals surface area contributed by atoms with Crippen molar-refractivity contribution >= 4 is 79.1 Å². The van der Waals surface area contributed by atoms with Crippen molar-refractivity contribution in [3.63, 3.8) is 0 Å². The molecule has 0 saturated heterocycles. The Kier molecular flexibility index (Phi) is 9.02. The summed E-state index contributed by atoms with van der Waals surface area (Å²) in [6, 6.07) is 7.51. The van der Waals surface area contributed by atoms with Crippen LogP contribution in [0.5, 0.6) is 0 Å². The first-order chi connectivity index (χ1) is 21.1. The second-order valence-corrected chi connectivity index (χ2v) is 12.0. The lowest BCUT2D eigenvalue weighted by atomic mass is 10.1. The Morgan fingerprint density at radius 1 is 0.818 bits per heavy atom. The second kappa shape index (κ2) is 12.7. The van der Waals surface area contributed by atoms with Gasteiger partial charge in [0.2, 0.25) is 0 Å². The standard InChI is InChI=1S/C17H20N4O2S.C13H12N4O2S/c1-6-23-15(22)13-11-8-7-10-9-18-16(24-5)19-12(10)14(11)21(20-13)17(2,3)4;1-3-19-12(18)11-8-5-4-7-6-14-13(20-2)15-9(7)10(8)16-17-11/h7-9H,6H2,1-5H3;4-6H,3H2,1-2H3,(H,16,17). The number of esters is 2. The van der Waals surface area contributed by atoms with E-state index in [0.717, 1.165) is 32.7 Å².